The van der Waals surface area contributed by atoms with E-state index in [1.54, 1.807) is 0 Å². The Hall–Kier alpha value is -0.930. The van der Waals surface area contributed by atoms with Crippen molar-refractivity contribution in [3.05, 3.63) is 30.1 Å². The Morgan fingerprint density at radius 3 is 2.62 bits per heavy atom. The van der Waals surface area contributed by atoms with Crippen LogP contribution in [0, 0.1) is 5.41 Å². The van der Waals surface area contributed by atoms with E-state index in [0.29, 0.717) is 5.41 Å². The first kappa shape index (κ1) is 11.6. The molecule has 2 rings (SSSR count). The maximum absolute atomic E-state index is 5.66. The Morgan fingerprint density at radius 1 is 1.38 bits per heavy atom. The molecule has 0 bridgehead atoms. The summed E-state index contributed by atoms with van der Waals surface area (Å²) in [7, 11) is 2.19. The van der Waals surface area contributed by atoms with Gasteiger partial charge in [-0.25, -0.2) is 0 Å². The van der Waals surface area contributed by atoms with Crippen LogP contribution in [0.15, 0.2) is 24.5 Å². The molecule has 1 aromatic rings. The number of rotatable bonds is 6. The quantitative estimate of drug-likeness (QED) is 0.791. The van der Waals surface area contributed by atoms with E-state index < -0.39 is 0 Å². The Labute approximate surface area is 97.7 Å². The van der Waals surface area contributed by atoms with Gasteiger partial charge in [-0.15, -0.1) is 0 Å². The summed E-state index contributed by atoms with van der Waals surface area (Å²) in [4.78, 5) is 6.43. The molecule has 1 heterocycles. The van der Waals surface area contributed by atoms with Crippen LogP contribution in [0.5, 0.6) is 0 Å². The van der Waals surface area contributed by atoms with Crippen molar-refractivity contribution in [2.75, 3.05) is 20.1 Å². The van der Waals surface area contributed by atoms with Gasteiger partial charge >= 0.3 is 0 Å². The Balaban J connectivity index is 1.83. The van der Waals surface area contributed by atoms with Gasteiger partial charge in [0.15, 0.2) is 0 Å². The van der Waals surface area contributed by atoms with Gasteiger partial charge in [-0.2, -0.15) is 0 Å². The summed E-state index contributed by atoms with van der Waals surface area (Å²) >= 11 is 0. The van der Waals surface area contributed by atoms with Crippen molar-refractivity contribution in [1.82, 2.24) is 9.88 Å². The van der Waals surface area contributed by atoms with Crippen LogP contribution >= 0.6 is 0 Å². The van der Waals surface area contributed by atoms with Crippen molar-refractivity contribution >= 4 is 0 Å². The number of hydrogen-bond acceptors (Lipinski definition) is 3. The van der Waals surface area contributed by atoms with Crippen LogP contribution in [-0.4, -0.2) is 30.0 Å². The van der Waals surface area contributed by atoms with E-state index in [1.807, 2.05) is 12.4 Å². The monoisotopic (exact) mass is 219 g/mol. The normalized spacial score (nSPS) is 17.7. The third-order valence-electron chi connectivity index (χ3n) is 3.44. The largest absolute Gasteiger partial charge is 0.330 e. The molecule has 0 aromatic carbocycles. The summed E-state index contributed by atoms with van der Waals surface area (Å²) in [5, 5.41) is 0. The molecule has 0 spiro atoms. The second-order valence-corrected chi connectivity index (χ2v) is 5.07. The van der Waals surface area contributed by atoms with Gasteiger partial charge in [0.05, 0.1) is 0 Å². The van der Waals surface area contributed by atoms with Gasteiger partial charge in [0.25, 0.3) is 0 Å². The van der Waals surface area contributed by atoms with Crippen LogP contribution in [-0.2, 0) is 6.54 Å². The fourth-order valence-electron chi connectivity index (χ4n) is 2.40. The first-order chi connectivity index (χ1) is 7.74. The zero-order valence-electron chi connectivity index (χ0n) is 10.0. The molecule has 0 amide bonds. The summed E-state index contributed by atoms with van der Waals surface area (Å²) in [5.41, 5.74) is 7.53. The van der Waals surface area contributed by atoms with E-state index in [-0.39, 0.29) is 0 Å². The van der Waals surface area contributed by atoms with Gasteiger partial charge in [-0.3, -0.25) is 4.98 Å². The Morgan fingerprint density at radius 2 is 2.06 bits per heavy atom. The van der Waals surface area contributed by atoms with Crippen molar-refractivity contribution in [1.29, 1.82) is 0 Å². The Bertz CT molecular complexity index is 319. The summed E-state index contributed by atoms with van der Waals surface area (Å²) < 4.78 is 0. The highest BCUT2D eigenvalue weighted by Gasteiger charge is 2.42. The lowest BCUT2D eigenvalue weighted by Crippen LogP contribution is -2.27. The van der Waals surface area contributed by atoms with Gasteiger partial charge in [-0.1, -0.05) is 0 Å². The number of pyridine rings is 1. The number of nitrogens with two attached hydrogens (primary N) is 1. The molecule has 0 radical (unpaired) electrons. The molecule has 1 fully saturated rings. The van der Waals surface area contributed by atoms with Crippen LogP contribution < -0.4 is 5.73 Å². The lowest BCUT2D eigenvalue weighted by Gasteiger charge is -2.23. The van der Waals surface area contributed by atoms with E-state index >= 15 is 0 Å². The fraction of sp³-hybridized carbons (Fsp3) is 0.615. The molecule has 0 atom stereocenters. The van der Waals surface area contributed by atoms with Gasteiger partial charge in [-0.05, 0) is 56.0 Å². The van der Waals surface area contributed by atoms with E-state index in [2.05, 4.69) is 29.1 Å². The van der Waals surface area contributed by atoms with Crippen molar-refractivity contribution in [2.45, 2.75) is 25.8 Å². The lowest BCUT2D eigenvalue weighted by molar-refractivity contribution is 0.248. The van der Waals surface area contributed by atoms with Gasteiger partial charge < -0.3 is 10.6 Å². The third-order valence-corrected chi connectivity index (χ3v) is 3.44. The van der Waals surface area contributed by atoms with Crippen molar-refractivity contribution in [3.63, 3.8) is 0 Å². The van der Waals surface area contributed by atoms with Crippen LogP contribution in [0.3, 0.4) is 0 Å². The van der Waals surface area contributed by atoms with E-state index in [4.69, 9.17) is 5.73 Å². The SMILES string of the molecule is CN(Cc1ccncc1)CC1(CCN)CC1. The maximum Gasteiger partial charge on any atom is 0.0271 e. The first-order valence-corrected chi connectivity index (χ1v) is 6.02. The molecule has 1 saturated carbocycles. The highest BCUT2D eigenvalue weighted by molar-refractivity contribution is 5.09. The van der Waals surface area contributed by atoms with Crippen LogP contribution in [0.25, 0.3) is 0 Å². The average Bonchev–Trinajstić information content (AvgIpc) is 2.99. The smallest absolute Gasteiger partial charge is 0.0271 e. The Kier molecular flexibility index (Phi) is 3.56. The highest BCUT2D eigenvalue weighted by Crippen LogP contribution is 2.48. The predicted molar refractivity (Wildman–Crippen MR) is 65.9 cm³/mol. The van der Waals surface area contributed by atoms with Gasteiger partial charge in [0.1, 0.15) is 0 Å². The molecule has 3 nitrogen and oxygen atoms in total. The number of aromatic nitrogens is 1. The molecule has 16 heavy (non-hydrogen) atoms. The molecular weight excluding hydrogens is 198 g/mol. The van der Waals surface area contributed by atoms with Gasteiger partial charge in [0, 0.05) is 25.5 Å². The molecule has 1 aliphatic rings. The topological polar surface area (TPSA) is 42.2 Å². The minimum Gasteiger partial charge on any atom is -0.330 e. The van der Waals surface area contributed by atoms with Crippen molar-refractivity contribution < 1.29 is 0 Å². The van der Waals surface area contributed by atoms with Crippen molar-refractivity contribution in [3.8, 4) is 0 Å². The standard InChI is InChI=1S/C13H21N3/c1-16(10-12-2-8-15-9-3-12)11-13(4-5-13)6-7-14/h2-3,8-9H,4-7,10-11,14H2,1H3. The maximum atomic E-state index is 5.66. The zero-order chi connectivity index (χ0) is 11.4. The van der Waals surface area contributed by atoms with E-state index in [1.165, 1.54) is 31.4 Å². The second-order valence-electron chi connectivity index (χ2n) is 5.07. The van der Waals surface area contributed by atoms with Crippen LogP contribution in [0.1, 0.15) is 24.8 Å². The van der Waals surface area contributed by atoms with Crippen LogP contribution in [0.2, 0.25) is 0 Å². The third kappa shape index (κ3) is 3.03. The molecule has 1 aromatic heterocycles. The second kappa shape index (κ2) is 4.93. The number of hydrogen-bond donors (Lipinski definition) is 1. The molecular formula is C13H21N3. The highest BCUT2D eigenvalue weighted by atomic mass is 15.1. The fourth-order valence-corrected chi connectivity index (χ4v) is 2.40. The molecule has 0 saturated heterocycles. The van der Waals surface area contributed by atoms with E-state index in [9.17, 15) is 0 Å². The summed E-state index contributed by atoms with van der Waals surface area (Å²) in [6.07, 6.45) is 7.59. The predicted octanol–water partition coefficient (Wildman–Crippen LogP) is 1.64. The molecule has 2 N–H and O–H groups in total. The summed E-state index contributed by atoms with van der Waals surface area (Å²) in [6.45, 7) is 3.00. The minimum absolute atomic E-state index is 0.538. The first-order valence-electron chi connectivity index (χ1n) is 6.02. The lowest BCUT2D eigenvalue weighted by atomic mass is 10.0. The zero-order valence-corrected chi connectivity index (χ0v) is 10.0. The van der Waals surface area contributed by atoms with E-state index in [0.717, 1.165) is 13.1 Å². The van der Waals surface area contributed by atoms with Gasteiger partial charge in [0.2, 0.25) is 0 Å². The average molecular weight is 219 g/mol. The van der Waals surface area contributed by atoms with Crippen LogP contribution in [0.4, 0.5) is 0 Å². The summed E-state index contributed by atoms with van der Waals surface area (Å²) in [6, 6.07) is 4.16. The molecule has 88 valence electrons. The molecule has 0 unspecified atom stereocenters. The summed E-state index contributed by atoms with van der Waals surface area (Å²) in [5.74, 6) is 0. The molecule has 3 heteroatoms. The molecule has 1 aliphatic carbocycles. The minimum atomic E-state index is 0.538. The van der Waals surface area contributed by atoms with Crippen molar-refractivity contribution in [2.24, 2.45) is 11.1 Å². The molecule has 0 aliphatic heterocycles. The number of nitrogens with zero attached hydrogens (tertiary/aromatic N) is 2.